The maximum Gasteiger partial charge on any atom is 0.119 e. The zero-order chi connectivity index (χ0) is 14.7. The van der Waals surface area contributed by atoms with Crippen LogP contribution in [0.5, 0.6) is 5.75 Å². The van der Waals surface area contributed by atoms with Gasteiger partial charge in [0.25, 0.3) is 0 Å². The Balaban J connectivity index is 2.07. The van der Waals surface area contributed by atoms with Crippen molar-refractivity contribution >= 4 is 11.3 Å². The van der Waals surface area contributed by atoms with E-state index in [9.17, 15) is 5.11 Å². The highest BCUT2D eigenvalue weighted by molar-refractivity contribution is 7.09. The molecule has 4 nitrogen and oxygen atoms in total. The van der Waals surface area contributed by atoms with Gasteiger partial charge in [0, 0.05) is 18.6 Å². The van der Waals surface area contributed by atoms with Gasteiger partial charge in [0.1, 0.15) is 10.8 Å². The van der Waals surface area contributed by atoms with Crippen LogP contribution in [0.1, 0.15) is 29.1 Å². The molecular weight excluding hydrogens is 286 g/mol. The molecule has 1 aliphatic heterocycles. The first-order chi connectivity index (χ1) is 10.3. The molecule has 1 N–H and O–H groups in total. The summed E-state index contributed by atoms with van der Waals surface area (Å²) in [5.41, 5.74) is 1.82. The Morgan fingerprint density at radius 1 is 1.38 bits per heavy atom. The van der Waals surface area contributed by atoms with Crippen molar-refractivity contribution in [1.82, 2.24) is 4.98 Å². The van der Waals surface area contributed by atoms with Crippen LogP contribution in [0.2, 0.25) is 0 Å². The third-order valence-corrected chi connectivity index (χ3v) is 5.19. The molecule has 0 spiro atoms. The number of aromatic nitrogens is 1. The molecule has 0 atom stereocenters. The van der Waals surface area contributed by atoms with Gasteiger partial charge in [0.2, 0.25) is 0 Å². The molecule has 1 aromatic heterocycles. The molecule has 0 saturated carbocycles. The third kappa shape index (κ3) is 2.69. The zero-order valence-corrected chi connectivity index (χ0v) is 12.9. The molecule has 112 valence electrons. The number of ether oxygens (including phenoxy) is 2. The molecule has 1 fully saturated rings. The van der Waals surface area contributed by atoms with Crippen LogP contribution < -0.4 is 4.74 Å². The Morgan fingerprint density at radius 3 is 2.86 bits per heavy atom. The van der Waals surface area contributed by atoms with Gasteiger partial charge in [-0.2, -0.15) is 0 Å². The number of nitrogens with zero attached hydrogens (tertiary/aromatic N) is 1. The molecule has 0 radical (unpaired) electrons. The molecule has 1 aliphatic rings. The van der Waals surface area contributed by atoms with Crippen molar-refractivity contribution in [3.63, 3.8) is 0 Å². The lowest BCUT2D eigenvalue weighted by Crippen LogP contribution is -2.35. The fraction of sp³-hybridized carbons (Fsp3) is 0.438. The number of aliphatic hydroxyl groups is 1. The summed E-state index contributed by atoms with van der Waals surface area (Å²) in [7, 11) is 1.68. The van der Waals surface area contributed by atoms with Gasteiger partial charge < -0.3 is 14.6 Å². The molecule has 2 aromatic rings. The zero-order valence-electron chi connectivity index (χ0n) is 12.0. The van der Waals surface area contributed by atoms with Crippen LogP contribution in [-0.4, -0.2) is 30.4 Å². The minimum Gasteiger partial charge on any atom is -0.497 e. The first kappa shape index (κ1) is 14.5. The topological polar surface area (TPSA) is 51.6 Å². The van der Waals surface area contributed by atoms with Crippen LogP contribution in [0.25, 0.3) is 0 Å². The smallest absolute Gasteiger partial charge is 0.119 e. The van der Waals surface area contributed by atoms with Crippen molar-refractivity contribution in [2.75, 3.05) is 20.3 Å². The largest absolute Gasteiger partial charge is 0.497 e. The Kier molecular flexibility index (Phi) is 4.24. The lowest BCUT2D eigenvalue weighted by molar-refractivity contribution is 0.0628. The molecule has 0 unspecified atom stereocenters. The summed E-state index contributed by atoms with van der Waals surface area (Å²) in [4.78, 5) is 4.63. The lowest BCUT2D eigenvalue weighted by Gasteiger charge is -2.36. The first-order valence-corrected chi connectivity index (χ1v) is 7.94. The van der Waals surface area contributed by atoms with E-state index in [0.29, 0.717) is 0 Å². The van der Waals surface area contributed by atoms with Crippen molar-refractivity contribution in [1.29, 1.82) is 0 Å². The van der Waals surface area contributed by atoms with Crippen LogP contribution in [0.3, 0.4) is 0 Å². The molecule has 2 heterocycles. The predicted octanol–water partition coefficient (Wildman–Crippen LogP) is 2.74. The van der Waals surface area contributed by atoms with Crippen molar-refractivity contribution in [2.45, 2.75) is 24.9 Å². The second-order valence-corrected chi connectivity index (χ2v) is 6.09. The number of rotatable bonds is 4. The summed E-state index contributed by atoms with van der Waals surface area (Å²) >= 11 is 1.62. The molecule has 0 bridgehead atoms. The van der Waals surface area contributed by atoms with Crippen molar-refractivity contribution < 1.29 is 14.6 Å². The molecule has 21 heavy (non-hydrogen) atoms. The Labute approximate surface area is 128 Å². The van der Waals surface area contributed by atoms with Crippen LogP contribution in [0.4, 0.5) is 0 Å². The number of methoxy groups -OCH3 is 1. The third-order valence-electron chi connectivity index (χ3n) is 4.09. The molecule has 3 rings (SSSR count). The van der Waals surface area contributed by atoms with Crippen molar-refractivity contribution in [3.8, 4) is 5.75 Å². The summed E-state index contributed by atoms with van der Waals surface area (Å²) in [5, 5.41) is 12.3. The van der Waals surface area contributed by atoms with Gasteiger partial charge in [-0.1, -0.05) is 12.1 Å². The SMILES string of the molecule is COc1cccc(C2(c3nc(CO)cs3)CCOCC2)c1. The van der Waals surface area contributed by atoms with E-state index in [1.54, 1.807) is 18.4 Å². The summed E-state index contributed by atoms with van der Waals surface area (Å²) in [5.74, 6) is 0.859. The monoisotopic (exact) mass is 305 g/mol. The Bertz CT molecular complexity index is 605. The van der Waals surface area contributed by atoms with E-state index in [1.807, 2.05) is 17.5 Å². The van der Waals surface area contributed by atoms with Gasteiger partial charge in [-0.05, 0) is 30.5 Å². The van der Waals surface area contributed by atoms with Gasteiger partial charge in [0.15, 0.2) is 0 Å². The van der Waals surface area contributed by atoms with Gasteiger partial charge >= 0.3 is 0 Å². The van der Waals surface area contributed by atoms with E-state index in [1.165, 1.54) is 5.56 Å². The maximum atomic E-state index is 9.29. The normalized spacial score (nSPS) is 17.6. The van der Waals surface area contributed by atoms with E-state index in [2.05, 4.69) is 17.1 Å². The highest BCUT2D eigenvalue weighted by Gasteiger charge is 2.39. The average molecular weight is 305 g/mol. The number of aliphatic hydroxyl groups excluding tert-OH is 1. The van der Waals surface area contributed by atoms with E-state index in [-0.39, 0.29) is 12.0 Å². The standard InChI is InChI=1S/C16H19NO3S/c1-19-14-4-2-3-12(9-14)16(5-7-20-8-6-16)15-17-13(10-18)11-21-15/h2-4,9,11,18H,5-8,10H2,1H3. The summed E-state index contributed by atoms with van der Waals surface area (Å²) < 4.78 is 10.9. The maximum absolute atomic E-state index is 9.29. The summed E-state index contributed by atoms with van der Waals surface area (Å²) in [6.07, 6.45) is 1.80. The molecule has 0 aliphatic carbocycles. The molecular formula is C16H19NO3S. The molecule has 5 heteroatoms. The highest BCUT2D eigenvalue weighted by atomic mass is 32.1. The molecule has 0 amide bonds. The minimum absolute atomic E-state index is 0.0127. The van der Waals surface area contributed by atoms with Gasteiger partial charge in [-0.25, -0.2) is 4.98 Å². The lowest BCUT2D eigenvalue weighted by atomic mass is 9.74. The van der Waals surface area contributed by atoms with E-state index in [4.69, 9.17) is 9.47 Å². The minimum atomic E-state index is -0.134. The first-order valence-electron chi connectivity index (χ1n) is 7.06. The van der Waals surface area contributed by atoms with Gasteiger partial charge in [-0.15, -0.1) is 11.3 Å². The quantitative estimate of drug-likeness (QED) is 0.943. The van der Waals surface area contributed by atoms with E-state index in [0.717, 1.165) is 42.5 Å². The fourth-order valence-electron chi connectivity index (χ4n) is 2.87. The summed E-state index contributed by atoms with van der Waals surface area (Å²) in [6.45, 7) is 1.44. The predicted molar refractivity (Wildman–Crippen MR) is 81.9 cm³/mol. The number of hydrogen-bond donors (Lipinski definition) is 1. The van der Waals surface area contributed by atoms with Crippen molar-refractivity contribution in [3.05, 3.63) is 45.9 Å². The van der Waals surface area contributed by atoms with Crippen molar-refractivity contribution in [2.24, 2.45) is 0 Å². The second kappa shape index (κ2) is 6.13. The molecule has 1 saturated heterocycles. The Hall–Kier alpha value is -1.43. The van der Waals surface area contributed by atoms with Gasteiger partial charge in [0.05, 0.1) is 24.8 Å². The number of thiazole rings is 1. The fourth-order valence-corrected chi connectivity index (χ4v) is 3.96. The number of hydrogen-bond acceptors (Lipinski definition) is 5. The van der Waals surface area contributed by atoms with E-state index >= 15 is 0 Å². The van der Waals surface area contributed by atoms with Crippen LogP contribution in [0.15, 0.2) is 29.6 Å². The van der Waals surface area contributed by atoms with Crippen LogP contribution >= 0.6 is 11.3 Å². The average Bonchev–Trinajstić information content (AvgIpc) is 3.05. The second-order valence-electron chi connectivity index (χ2n) is 5.23. The molecule has 1 aromatic carbocycles. The summed E-state index contributed by atoms with van der Waals surface area (Å²) in [6, 6.07) is 8.20. The Morgan fingerprint density at radius 2 is 2.19 bits per heavy atom. The van der Waals surface area contributed by atoms with E-state index < -0.39 is 0 Å². The van der Waals surface area contributed by atoms with Crippen LogP contribution in [-0.2, 0) is 16.8 Å². The van der Waals surface area contributed by atoms with Crippen LogP contribution in [0, 0.1) is 0 Å². The number of benzene rings is 1. The van der Waals surface area contributed by atoms with Gasteiger partial charge in [-0.3, -0.25) is 0 Å². The highest BCUT2D eigenvalue weighted by Crippen LogP contribution is 2.43.